The van der Waals surface area contributed by atoms with Crippen LogP contribution in [0.1, 0.15) is 18.6 Å². The lowest BCUT2D eigenvalue weighted by atomic mass is 9.98. The molecule has 0 bridgehead atoms. The largest absolute Gasteiger partial charge is 0.468 e. The SMILES string of the molecule is CS(=O)(=O)N1CCC(CNCc2ccco2)CC1. The zero-order valence-corrected chi connectivity index (χ0v) is 11.4. The lowest BCUT2D eigenvalue weighted by Gasteiger charge is -2.30. The molecule has 0 radical (unpaired) electrons. The van der Waals surface area contributed by atoms with Crippen molar-refractivity contribution in [1.82, 2.24) is 9.62 Å². The van der Waals surface area contributed by atoms with Crippen molar-refractivity contribution in [3.8, 4) is 0 Å². The Hall–Kier alpha value is -0.850. The van der Waals surface area contributed by atoms with E-state index >= 15 is 0 Å². The first-order valence-corrected chi connectivity index (χ1v) is 8.09. The average Bonchev–Trinajstić information content (AvgIpc) is 2.82. The molecule has 1 aliphatic heterocycles. The second-order valence-corrected chi connectivity index (χ2v) is 6.80. The molecule has 0 amide bonds. The topological polar surface area (TPSA) is 62.6 Å². The molecule has 102 valence electrons. The molecule has 1 N–H and O–H groups in total. The summed E-state index contributed by atoms with van der Waals surface area (Å²) in [6, 6.07) is 3.82. The number of piperidine rings is 1. The van der Waals surface area contributed by atoms with E-state index in [-0.39, 0.29) is 0 Å². The highest BCUT2D eigenvalue weighted by atomic mass is 32.2. The summed E-state index contributed by atoms with van der Waals surface area (Å²) in [5.41, 5.74) is 0. The molecule has 18 heavy (non-hydrogen) atoms. The van der Waals surface area contributed by atoms with Gasteiger partial charge in [-0.3, -0.25) is 0 Å². The monoisotopic (exact) mass is 272 g/mol. The second kappa shape index (κ2) is 5.86. The number of hydrogen-bond donors (Lipinski definition) is 1. The van der Waals surface area contributed by atoms with Crippen LogP contribution in [-0.4, -0.2) is 38.6 Å². The van der Waals surface area contributed by atoms with Gasteiger partial charge in [-0.15, -0.1) is 0 Å². The van der Waals surface area contributed by atoms with E-state index < -0.39 is 10.0 Å². The van der Waals surface area contributed by atoms with Gasteiger partial charge in [0, 0.05) is 13.1 Å². The predicted molar refractivity (Wildman–Crippen MR) is 69.6 cm³/mol. The Morgan fingerprint density at radius 1 is 1.44 bits per heavy atom. The standard InChI is InChI=1S/C12H20N2O3S/c1-18(15,16)14-6-4-11(5-7-14)9-13-10-12-3-2-8-17-12/h2-3,8,11,13H,4-7,9-10H2,1H3. The van der Waals surface area contributed by atoms with Crippen molar-refractivity contribution in [3.63, 3.8) is 0 Å². The maximum absolute atomic E-state index is 11.4. The van der Waals surface area contributed by atoms with E-state index in [1.807, 2.05) is 12.1 Å². The van der Waals surface area contributed by atoms with E-state index in [0.29, 0.717) is 19.0 Å². The molecule has 5 nitrogen and oxygen atoms in total. The third-order valence-corrected chi connectivity index (χ3v) is 4.66. The molecule has 0 aromatic carbocycles. The molecular formula is C12H20N2O3S. The van der Waals surface area contributed by atoms with Crippen LogP contribution in [0.4, 0.5) is 0 Å². The minimum absolute atomic E-state index is 0.554. The van der Waals surface area contributed by atoms with Gasteiger partial charge in [0.05, 0.1) is 19.1 Å². The fourth-order valence-electron chi connectivity index (χ4n) is 2.26. The Morgan fingerprint density at radius 2 is 2.17 bits per heavy atom. The first-order chi connectivity index (χ1) is 8.55. The number of furan rings is 1. The summed E-state index contributed by atoms with van der Waals surface area (Å²) >= 11 is 0. The number of sulfonamides is 1. The van der Waals surface area contributed by atoms with Crippen molar-refractivity contribution in [1.29, 1.82) is 0 Å². The van der Waals surface area contributed by atoms with E-state index in [4.69, 9.17) is 4.42 Å². The maximum atomic E-state index is 11.4. The van der Waals surface area contributed by atoms with Gasteiger partial charge in [0.1, 0.15) is 5.76 Å². The molecule has 1 aromatic heterocycles. The zero-order chi connectivity index (χ0) is 13.0. The third-order valence-electron chi connectivity index (χ3n) is 3.35. The summed E-state index contributed by atoms with van der Waals surface area (Å²) in [6.07, 6.45) is 4.81. The number of nitrogens with zero attached hydrogens (tertiary/aromatic N) is 1. The smallest absolute Gasteiger partial charge is 0.211 e. The van der Waals surface area contributed by atoms with Crippen LogP contribution in [0.25, 0.3) is 0 Å². The summed E-state index contributed by atoms with van der Waals surface area (Å²) < 4.78 is 29.5. The Kier molecular flexibility index (Phi) is 4.42. The Balaban J connectivity index is 1.68. The van der Waals surface area contributed by atoms with Crippen molar-refractivity contribution >= 4 is 10.0 Å². The molecule has 0 unspecified atom stereocenters. The van der Waals surface area contributed by atoms with Crippen LogP contribution in [0.2, 0.25) is 0 Å². The number of hydrogen-bond acceptors (Lipinski definition) is 4. The summed E-state index contributed by atoms with van der Waals surface area (Å²) in [7, 11) is -3.01. The lowest BCUT2D eigenvalue weighted by molar-refractivity contribution is 0.267. The second-order valence-electron chi connectivity index (χ2n) is 4.82. The van der Waals surface area contributed by atoms with E-state index in [1.54, 1.807) is 10.6 Å². The van der Waals surface area contributed by atoms with Crippen LogP contribution in [0.3, 0.4) is 0 Å². The highest BCUT2D eigenvalue weighted by Gasteiger charge is 2.24. The van der Waals surface area contributed by atoms with Gasteiger partial charge in [0.15, 0.2) is 0 Å². The van der Waals surface area contributed by atoms with Gasteiger partial charge in [0.2, 0.25) is 10.0 Å². The summed E-state index contributed by atoms with van der Waals surface area (Å²) in [5, 5.41) is 3.35. The van der Waals surface area contributed by atoms with Crippen LogP contribution in [-0.2, 0) is 16.6 Å². The molecule has 0 atom stereocenters. The quantitative estimate of drug-likeness (QED) is 0.870. The minimum Gasteiger partial charge on any atom is -0.468 e. The summed E-state index contributed by atoms with van der Waals surface area (Å²) in [6.45, 7) is 2.94. The molecule has 2 heterocycles. The molecule has 1 aliphatic rings. The van der Waals surface area contributed by atoms with Gasteiger partial charge in [-0.05, 0) is 37.4 Å². The number of nitrogens with one attached hydrogen (secondary N) is 1. The highest BCUT2D eigenvalue weighted by molar-refractivity contribution is 7.88. The van der Waals surface area contributed by atoms with Gasteiger partial charge in [-0.2, -0.15) is 0 Å². The molecule has 1 aromatic rings. The van der Waals surface area contributed by atoms with E-state index in [9.17, 15) is 8.42 Å². The molecule has 1 saturated heterocycles. The maximum Gasteiger partial charge on any atom is 0.211 e. The van der Waals surface area contributed by atoms with Crippen LogP contribution < -0.4 is 5.32 Å². The van der Waals surface area contributed by atoms with Crippen molar-refractivity contribution in [2.45, 2.75) is 19.4 Å². The molecule has 0 aliphatic carbocycles. The molecule has 0 spiro atoms. The third kappa shape index (κ3) is 3.83. The van der Waals surface area contributed by atoms with Crippen molar-refractivity contribution in [2.75, 3.05) is 25.9 Å². The highest BCUT2D eigenvalue weighted by Crippen LogP contribution is 2.18. The summed E-state index contributed by atoms with van der Waals surface area (Å²) in [5.74, 6) is 1.49. The van der Waals surface area contributed by atoms with Crippen LogP contribution in [0, 0.1) is 5.92 Å². The lowest BCUT2D eigenvalue weighted by Crippen LogP contribution is -2.40. The first kappa shape index (κ1) is 13.6. The fourth-order valence-corrected chi connectivity index (χ4v) is 3.13. The van der Waals surface area contributed by atoms with Gasteiger partial charge in [-0.1, -0.05) is 0 Å². The Morgan fingerprint density at radius 3 is 2.72 bits per heavy atom. The minimum atomic E-state index is -3.01. The van der Waals surface area contributed by atoms with Gasteiger partial charge >= 0.3 is 0 Å². The molecule has 1 fully saturated rings. The van der Waals surface area contributed by atoms with Gasteiger partial charge in [0.25, 0.3) is 0 Å². The van der Waals surface area contributed by atoms with E-state index in [0.717, 1.165) is 31.7 Å². The Labute approximate surface area is 108 Å². The molecule has 6 heteroatoms. The average molecular weight is 272 g/mol. The van der Waals surface area contributed by atoms with Crippen LogP contribution in [0.5, 0.6) is 0 Å². The zero-order valence-electron chi connectivity index (χ0n) is 10.6. The number of rotatable bonds is 5. The van der Waals surface area contributed by atoms with Crippen molar-refractivity contribution in [3.05, 3.63) is 24.2 Å². The first-order valence-electron chi connectivity index (χ1n) is 6.24. The van der Waals surface area contributed by atoms with Crippen LogP contribution >= 0.6 is 0 Å². The van der Waals surface area contributed by atoms with Crippen molar-refractivity contribution < 1.29 is 12.8 Å². The van der Waals surface area contributed by atoms with E-state index in [2.05, 4.69) is 5.32 Å². The molecule has 0 saturated carbocycles. The predicted octanol–water partition coefficient (Wildman–Crippen LogP) is 1.04. The van der Waals surface area contributed by atoms with Crippen molar-refractivity contribution in [2.24, 2.45) is 5.92 Å². The van der Waals surface area contributed by atoms with Gasteiger partial charge < -0.3 is 9.73 Å². The fraction of sp³-hybridized carbons (Fsp3) is 0.667. The van der Waals surface area contributed by atoms with Gasteiger partial charge in [-0.25, -0.2) is 12.7 Å². The summed E-state index contributed by atoms with van der Waals surface area (Å²) in [4.78, 5) is 0. The molecular weight excluding hydrogens is 252 g/mol. The Bertz CT molecular complexity index is 448. The van der Waals surface area contributed by atoms with Crippen LogP contribution in [0.15, 0.2) is 22.8 Å². The normalized spacial score (nSPS) is 19.2. The molecule has 2 rings (SSSR count). The van der Waals surface area contributed by atoms with E-state index in [1.165, 1.54) is 6.26 Å².